The molecule has 0 aromatic heterocycles. The third kappa shape index (κ3) is 3.33. The van der Waals surface area contributed by atoms with Crippen LogP contribution in [0.15, 0.2) is 11.6 Å². The van der Waals surface area contributed by atoms with Crippen LogP contribution in [0, 0.1) is 58.7 Å². The summed E-state index contributed by atoms with van der Waals surface area (Å²) in [6, 6.07) is 0. The van der Waals surface area contributed by atoms with E-state index >= 15 is 0 Å². The van der Waals surface area contributed by atoms with E-state index in [-0.39, 0.29) is 0 Å². The number of hydrogen-bond donors (Lipinski definition) is 0. The molecule has 4 aliphatic carbocycles. The molecule has 0 nitrogen and oxygen atoms in total. The van der Waals surface area contributed by atoms with Crippen LogP contribution in [0.5, 0.6) is 0 Å². The Balaban J connectivity index is 1.48. The Bertz CT molecular complexity index is 585. The highest BCUT2D eigenvalue weighted by atomic mass is 14.6. The zero-order valence-electron chi connectivity index (χ0n) is 19.8. The summed E-state index contributed by atoms with van der Waals surface area (Å²) in [7, 11) is 0. The van der Waals surface area contributed by atoms with E-state index < -0.39 is 0 Å². The van der Waals surface area contributed by atoms with Gasteiger partial charge in [0.1, 0.15) is 0 Å². The molecule has 3 fully saturated rings. The Morgan fingerprint density at radius 1 is 0.964 bits per heavy atom. The second-order valence-corrected chi connectivity index (χ2v) is 12.3. The largest absolute Gasteiger partial charge is 0.0845 e. The van der Waals surface area contributed by atoms with Gasteiger partial charge >= 0.3 is 0 Å². The third-order valence-corrected chi connectivity index (χ3v) is 10.8. The second kappa shape index (κ2) is 7.77. The molecule has 28 heavy (non-hydrogen) atoms. The highest BCUT2D eigenvalue weighted by Crippen LogP contribution is 2.67. The summed E-state index contributed by atoms with van der Waals surface area (Å²) in [6.45, 7) is 15.2. The maximum absolute atomic E-state index is 2.73. The van der Waals surface area contributed by atoms with E-state index in [4.69, 9.17) is 0 Å². The van der Waals surface area contributed by atoms with Crippen LogP contribution < -0.4 is 0 Å². The minimum Gasteiger partial charge on any atom is -0.0845 e. The summed E-state index contributed by atoms with van der Waals surface area (Å²) in [6.07, 6.45) is 19.7. The summed E-state index contributed by atoms with van der Waals surface area (Å²) in [5, 5.41) is 0. The van der Waals surface area contributed by atoms with Crippen LogP contribution in [0.4, 0.5) is 0 Å². The maximum atomic E-state index is 2.73. The molecule has 0 N–H and O–H groups in total. The number of fused-ring (bicyclic) bond motifs is 5. The summed E-state index contributed by atoms with van der Waals surface area (Å²) >= 11 is 0. The third-order valence-electron chi connectivity index (χ3n) is 10.8. The van der Waals surface area contributed by atoms with E-state index in [9.17, 15) is 0 Å². The Labute approximate surface area is 176 Å². The van der Waals surface area contributed by atoms with Crippen LogP contribution in [0.25, 0.3) is 0 Å². The van der Waals surface area contributed by atoms with E-state index in [0.717, 1.165) is 41.4 Å². The van der Waals surface area contributed by atoms with Gasteiger partial charge in [0.05, 0.1) is 0 Å². The van der Waals surface area contributed by atoms with Gasteiger partial charge in [-0.1, -0.05) is 66.0 Å². The quantitative estimate of drug-likeness (QED) is 0.417. The van der Waals surface area contributed by atoms with Crippen LogP contribution in [-0.2, 0) is 0 Å². The van der Waals surface area contributed by atoms with Crippen LogP contribution in [0.3, 0.4) is 0 Å². The van der Waals surface area contributed by atoms with Crippen molar-refractivity contribution >= 4 is 0 Å². The first-order valence-electron chi connectivity index (χ1n) is 12.8. The van der Waals surface area contributed by atoms with Crippen molar-refractivity contribution in [2.75, 3.05) is 0 Å². The van der Waals surface area contributed by atoms with Crippen molar-refractivity contribution in [2.24, 2.45) is 52.3 Å². The van der Waals surface area contributed by atoms with Gasteiger partial charge in [-0.15, -0.1) is 0 Å². The van der Waals surface area contributed by atoms with E-state index in [2.05, 4.69) is 54.0 Å². The van der Waals surface area contributed by atoms with Crippen molar-refractivity contribution in [3.05, 3.63) is 18.1 Å². The predicted molar refractivity (Wildman–Crippen MR) is 122 cm³/mol. The fourth-order valence-electron chi connectivity index (χ4n) is 8.51. The highest BCUT2D eigenvalue weighted by molar-refractivity contribution is 5.26. The molecule has 0 aromatic carbocycles. The van der Waals surface area contributed by atoms with E-state index in [1.165, 1.54) is 64.2 Å². The van der Waals surface area contributed by atoms with Crippen LogP contribution >= 0.6 is 0 Å². The summed E-state index contributed by atoms with van der Waals surface area (Å²) in [4.78, 5) is 0. The second-order valence-electron chi connectivity index (χ2n) is 12.3. The highest BCUT2D eigenvalue weighted by Gasteiger charge is 2.58. The first-order valence-corrected chi connectivity index (χ1v) is 12.8. The van der Waals surface area contributed by atoms with Crippen molar-refractivity contribution in [3.8, 4) is 0 Å². The fraction of sp³-hybridized carbons (Fsp3) is 0.893. The number of rotatable bonds is 5. The monoisotopic (exact) mass is 383 g/mol. The Morgan fingerprint density at radius 3 is 2.50 bits per heavy atom. The van der Waals surface area contributed by atoms with Crippen molar-refractivity contribution in [1.29, 1.82) is 0 Å². The molecule has 0 heterocycles. The summed E-state index contributed by atoms with van der Waals surface area (Å²) in [5.74, 6) is 6.59. The molecule has 0 bridgehead atoms. The lowest BCUT2D eigenvalue weighted by Gasteiger charge is -2.58. The molecule has 0 heteroatoms. The van der Waals surface area contributed by atoms with Gasteiger partial charge < -0.3 is 0 Å². The summed E-state index contributed by atoms with van der Waals surface area (Å²) in [5.41, 5.74) is 2.98. The van der Waals surface area contributed by atoms with Crippen molar-refractivity contribution in [1.82, 2.24) is 0 Å². The molecule has 159 valence electrons. The zero-order valence-corrected chi connectivity index (χ0v) is 19.8. The maximum Gasteiger partial charge on any atom is -0.00851 e. The normalized spacial score (nSPS) is 45.0. The minimum atomic E-state index is 0.537. The molecule has 1 radical (unpaired) electrons. The molecule has 0 spiro atoms. The zero-order chi connectivity index (χ0) is 20.1. The molecule has 4 rings (SSSR count). The standard InChI is InChI=1S/C28H47/c1-19(2)20(3)10-11-21(4)24-14-15-25-23-13-12-22-9-7-8-17-27(22,5)26(23)16-18-28(24,25)6/h7,12,19-21,23-26H,8-11,13-18H2,1-6H3/t20-,21-,23+,24-,25+,26+,27+,28-/m1/s1. The van der Waals surface area contributed by atoms with E-state index in [1.807, 2.05) is 5.57 Å². The first-order chi connectivity index (χ1) is 13.3. The van der Waals surface area contributed by atoms with Gasteiger partial charge in [-0.25, -0.2) is 0 Å². The van der Waals surface area contributed by atoms with Crippen molar-refractivity contribution in [3.63, 3.8) is 0 Å². The van der Waals surface area contributed by atoms with Gasteiger partial charge in [0.25, 0.3) is 0 Å². The first kappa shape index (κ1) is 21.0. The van der Waals surface area contributed by atoms with Gasteiger partial charge in [-0.2, -0.15) is 0 Å². The molecule has 3 saturated carbocycles. The van der Waals surface area contributed by atoms with Crippen molar-refractivity contribution in [2.45, 2.75) is 106 Å². The molecule has 0 amide bonds. The lowest BCUT2D eigenvalue weighted by Crippen LogP contribution is -2.50. The van der Waals surface area contributed by atoms with Gasteiger partial charge in [0.2, 0.25) is 0 Å². The lowest BCUT2D eigenvalue weighted by molar-refractivity contribution is -0.0485. The average Bonchev–Trinajstić information content (AvgIpc) is 3.02. The smallest absolute Gasteiger partial charge is 0.00851 e. The van der Waals surface area contributed by atoms with Gasteiger partial charge in [-0.05, 0) is 110 Å². The summed E-state index contributed by atoms with van der Waals surface area (Å²) < 4.78 is 0. The fourth-order valence-corrected chi connectivity index (χ4v) is 8.51. The minimum absolute atomic E-state index is 0.537. The molecular weight excluding hydrogens is 336 g/mol. The van der Waals surface area contributed by atoms with Gasteiger partial charge in [0, 0.05) is 0 Å². The van der Waals surface area contributed by atoms with Crippen LogP contribution in [0.1, 0.15) is 106 Å². The van der Waals surface area contributed by atoms with Crippen molar-refractivity contribution < 1.29 is 0 Å². The Kier molecular flexibility index (Phi) is 5.83. The molecule has 0 saturated heterocycles. The molecule has 8 atom stereocenters. The Morgan fingerprint density at radius 2 is 1.75 bits per heavy atom. The molecule has 0 aromatic rings. The molecular formula is C28H47. The van der Waals surface area contributed by atoms with E-state index in [1.54, 1.807) is 0 Å². The molecule has 0 unspecified atom stereocenters. The van der Waals surface area contributed by atoms with Gasteiger partial charge in [-0.3, -0.25) is 0 Å². The number of hydrogen-bond acceptors (Lipinski definition) is 0. The predicted octanol–water partition coefficient (Wildman–Crippen LogP) is 8.48. The van der Waals surface area contributed by atoms with Crippen LogP contribution in [0.2, 0.25) is 0 Å². The lowest BCUT2D eigenvalue weighted by atomic mass is 9.47. The Hall–Kier alpha value is -0.260. The molecule has 0 aliphatic heterocycles. The average molecular weight is 384 g/mol. The topological polar surface area (TPSA) is 0 Å². The number of allylic oxidation sites excluding steroid dienone is 2. The van der Waals surface area contributed by atoms with E-state index in [0.29, 0.717) is 10.8 Å². The van der Waals surface area contributed by atoms with Crippen LogP contribution in [-0.4, -0.2) is 0 Å². The SMILES string of the molecule is CC(C)[C@H](C)CC[C@@H](C)[C@H]1CC[C@H]2[C@@H]3CC=C4C[CH]CC[C@]4(C)[C@H]3CC[C@]12C. The van der Waals surface area contributed by atoms with Gasteiger partial charge in [0.15, 0.2) is 0 Å². The molecule has 4 aliphatic rings.